The van der Waals surface area contributed by atoms with E-state index in [1.165, 1.54) is 18.6 Å². The Kier molecular flexibility index (Phi) is 22.7. The first-order valence-electron chi connectivity index (χ1n) is 7.43. The van der Waals surface area contributed by atoms with Crippen LogP contribution in [0.1, 0.15) is 26.2 Å². The van der Waals surface area contributed by atoms with E-state index in [1.807, 2.05) is 11.8 Å². The van der Waals surface area contributed by atoms with Crippen molar-refractivity contribution < 1.29 is 9.47 Å². The predicted molar refractivity (Wildman–Crippen MR) is 104 cm³/mol. The van der Waals surface area contributed by atoms with Gasteiger partial charge < -0.3 is 20.1 Å². The van der Waals surface area contributed by atoms with E-state index in [0.717, 1.165) is 38.6 Å². The molecule has 0 amide bonds. The van der Waals surface area contributed by atoms with Gasteiger partial charge in [0.2, 0.25) is 0 Å². The Hall–Kier alpha value is 0.270. The fraction of sp³-hybridized carbons (Fsp3) is 0.929. The predicted octanol–water partition coefficient (Wildman–Crippen LogP) is 2.36. The van der Waals surface area contributed by atoms with Crippen molar-refractivity contribution in [1.29, 1.82) is 0 Å². The second-order valence-electron chi connectivity index (χ2n) is 4.35. The zero-order valence-corrected chi connectivity index (χ0v) is 16.8. The molecule has 2 N–H and O–H groups in total. The minimum absolute atomic E-state index is 0. The first-order chi connectivity index (χ1) is 9.85. The van der Waals surface area contributed by atoms with E-state index in [9.17, 15) is 0 Å². The van der Waals surface area contributed by atoms with Crippen LogP contribution < -0.4 is 10.6 Å². The van der Waals surface area contributed by atoms with Crippen molar-refractivity contribution in [3.8, 4) is 0 Å². The number of halogens is 1. The first-order valence-corrected chi connectivity index (χ1v) is 8.82. The van der Waals surface area contributed by atoms with Crippen molar-refractivity contribution in [2.75, 3.05) is 58.6 Å². The number of thioether (sulfide) groups is 1. The van der Waals surface area contributed by atoms with Gasteiger partial charge >= 0.3 is 0 Å². The van der Waals surface area contributed by atoms with Crippen LogP contribution in [0.5, 0.6) is 0 Å². The highest BCUT2D eigenvalue weighted by Crippen LogP contribution is 1.97. The standard InChI is InChI=1S/C14H31N3O2S.HI/c1-4-15-14(16-8-5-6-13-20-3)17-9-7-10-19-12-11-18-2;/h4-13H2,1-3H3,(H2,15,16,17);1H. The van der Waals surface area contributed by atoms with Crippen LogP contribution in [-0.4, -0.2) is 64.5 Å². The molecule has 0 spiro atoms. The molecule has 0 heterocycles. The molecule has 0 aromatic carbocycles. The highest BCUT2D eigenvalue weighted by atomic mass is 127. The minimum atomic E-state index is 0. The van der Waals surface area contributed by atoms with Gasteiger partial charge in [-0.1, -0.05) is 0 Å². The van der Waals surface area contributed by atoms with Gasteiger partial charge in [0.25, 0.3) is 0 Å². The SMILES string of the molecule is CCNC(=NCCCOCCOC)NCCCCSC.I. The number of hydrogen-bond acceptors (Lipinski definition) is 4. The highest BCUT2D eigenvalue weighted by molar-refractivity contribution is 14.0. The number of unbranched alkanes of at least 4 members (excludes halogenated alkanes) is 1. The van der Waals surface area contributed by atoms with Crippen LogP contribution in [0.3, 0.4) is 0 Å². The zero-order valence-electron chi connectivity index (χ0n) is 13.7. The van der Waals surface area contributed by atoms with Gasteiger partial charge in [-0.3, -0.25) is 4.99 Å². The van der Waals surface area contributed by atoms with Crippen LogP contribution in [0.4, 0.5) is 0 Å². The average molecular weight is 433 g/mol. The van der Waals surface area contributed by atoms with Crippen LogP contribution in [0.2, 0.25) is 0 Å². The van der Waals surface area contributed by atoms with Gasteiger partial charge in [-0.15, -0.1) is 24.0 Å². The van der Waals surface area contributed by atoms with Gasteiger partial charge in [0.1, 0.15) is 0 Å². The van der Waals surface area contributed by atoms with Crippen LogP contribution in [0, 0.1) is 0 Å². The van der Waals surface area contributed by atoms with Crippen molar-refractivity contribution in [1.82, 2.24) is 10.6 Å². The van der Waals surface area contributed by atoms with Crippen molar-refractivity contribution in [2.45, 2.75) is 26.2 Å². The summed E-state index contributed by atoms with van der Waals surface area (Å²) in [5, 5.41) is 6.62. The number of nitrogens with zero attached hydrogens (tertiary/aromatic N) is 1. The molecular formula is C14H32IN3O2S. The largest absolute Gasteiger partial charge is 0.382 e. The number of guanidine groups is 1. The molecule has 0 aliphatic carbocycles. The van der Waals surface area contributed by atoms with Crippen LogP contribution in [0.25, 0.3) is 0 Å². The summed E-state index contributed by atoms with van der Waals surface area (Å²) < 4.78 is 10.3. The summed E-state index contributed by atoms with van der Waals surface area (Å²) in [6, 6.07) is 0. The maximum atomic E-state index is 5.40. The molecule has 0 aliphatic heterocycles. The lowest BCUT2D eigenvalue weighted by Crippen LogP contribution is -2.38. The monoisotopic (exact) mass is 433 g/mol. The summed E-state index contributed by atoms with van der Waals surface area (Å²) in [6.45, 7) is 6.79. The quantitative estimate of drug-likeness (QED) is 0.202. The molecule has 5 nitrogen and oxygen atoms in total. The van der Waals surface area contributed by atoms with E-state index in [2.05, 4.69) is 28.8 Å². The number of methoxy groups -OCH3 is 1. The van der Waals surface area contributed by atoms with E-state index in [-0.39, 0.29) is 24.0 Å². The molecule has 0 fully saturated rings. The molecule has 0 unspecified atom stereocenters. The summed E-state index contributed by atoms with van der Waals surface area (Å²) in [5.41, 5.74) is 0. The molecule has 7 heteroatoms. The summed E-state index contributed by atoms with van der Waals surface area (Å²) in [4.78, 5) is 4.53. The van der Waals surface area contributed by atoms with Crippen molar-refractivity contribution in [3.05, 3.63) is 0 Å². The second-order valence-corrected chi connectivity index (χ2v) is 5.33. The van der Waals surface area contributed by atoms with Crippen molar-refractivity contribution >= 4 is 41.7 Å². The number of aliphatic imine (C=N–C) groups is 1. The molecule has 0 radical (unpaired) electrons. The average Bonchev–Trinajstić information content (AvgIpc) is 2.46. The number of rotatable bonds is 13. The van der Waals surface area contributed by atoms with Crippen molar-refractivity contribution in [2.24, 2.45) is 4.99 Å². The Labute approximate surface area is 151 Å². The Morgan fingerprint density at radius 2 is 1.90 bits per heavy atom. The zero-order chi connectivity index (χ0) is 14.9. The lowest BCUT2D eigenvalue weighted by atomic mass is 10.3. The Morgan fingerprint density at radius 1 is 1.10 bits per heavy atom. The van der Waals surface area contributed by atoms with Crippen molar-refractivity contribution in [3.63, 3.8) is 0 Å². The van der Waals surface area contributed by atoms with E-state index in [1.54, 1.807) is 7.11 Å². The maximum absolute atomic E-state index is 5.40. The van der Waals surface area contributed by atoms with Crippen LogP contribution in [0.15, 0.2) is 4.99 Å². The minimum Gasteiger partial charge on any atom is -0.382 e. The fourth-order valence-electron chi connectivity index (χ4n) is 1.52. The van der Waals surface area contributed by atoms with Gasteiger partial charge in [-0.2, -0.15) is 11.8 Å². The molecule has 128 valence electrons. The third kappa shape index (κ3) is 18.2. The molecule has 0 aliphatic rings. The van der Waals surface area contributed by atoms with Crippen LogP contribution in [-0.2, 0) is 9.47 Å². The fourth-order valence-corrected chi connectivity index (χ4v) is 2.01. The number of hydrogen-bond donors (Lipinski definition) is 2. The third-order valence-corrected chi connectivity index (χ3v) is 3.26. The summed E-state index contributed by atoms with van der Waals surface area (Å²) in [5.74, 6) is 2.14. The van der Waals surface area contributed by atoms with Gasteiger partial charge in [0.15, 0.2) is 5.96 Å². The molecule has 0 saturated heterocycles. The molecule has 0 rings (SSSR count). The molecule has 0 aromatic rings. The summed E-state index contributed by atoms with van der Waals surface area (Å²) in [6.07, 6.45) is 5.52. The van der Waals surface area contributed by atoms with Gasteiger partial charge in [0.05, 0.1) is 13.2 Å². The third-order valence-electron chi connectivity index (χ3n) is 2.56. The lowest BCUT2D eigenvalue weighted by molar-refractivity contribution is 0.0702. The molecule has 0 saturated carbocycles. The summed E-state index contributed by atoms with van der Waals surface area (Å²) >= 11 is 1.90. The smallest absolute Gasteiger partial charge is 0.191 e. The van der Waals surface area contributed by atoms with E-state index in [4.69, 9.17) is 9.47 Å². The Balaban J connectivity index is 0. The van der Waals surface area contributed by atoms with E-state index < -0.39 is 0 Å². The Morgan fingerprint density at radius 3 is 2.57 bits per heavy atom. The van der Waals surface area contributed by atoms with Gasteiger partial charge in [-0.25, -0.2) is 0 Å². The molecule has 21 heavy (non-hydrogen) atoms. The van der Waals surface area contributed by atoms with E-state index in [0.29, 0.717) is 13.2 Å². The highest BCUT2D eigenvalue weighted by Gasteiger charge is 1.96. The molecule has 0 atom stereocenters. The topological polar surface area (TPSA) is 54.9 Å². The molecule has 0 aromatic heterocycles. The van der Waals surface area contributed by atoms with Gasteiger partial charge in [-0.05, 0) is 38.2 Å². The van der Waals surface area contributed by atoms with E-state index >= 15 is 0 Å². The molecular weight excluding hydrogens is 401 g/mol. The maximum Gasteiger partial charge on any atom is 0.191 e. The Bertz CT molecular complexity index is 234. The number of ether oxygens (including phenoxy) is 2. The lowest BCUT2D eigenvalue weighted by Gasteiger charge is -2.11. The van der Waals surface area contributed by atoms with Crippen LogP contribution >= 0.6 is 35.7 Å². The number of nitrogens with one attached hydrogen (secondary N) is 2. The van der Waals surface area contributed by atoms with Gasteiger partial charge in [0, 0.05) is 33.4 Å². The molecule has 0 bridgehead atoms. The first kappa shape index (κ1) is 23.5. The normalized spacial score (nSPS) is 11.1. The second kappa shape index (κ2) is 20.3. The summed E-state index contributed by atoms with van der Waals surface area (Å²) in [7, 11) is 1.68.